The summed E-state index contributed by atoms with van der Waals surface area (Å²) in [5, 5.41) is 0. The molecule has 0 aliphatic rings. The molecule has 0 heterocycles. The van der Waals surface area contributed by atoms with E-state index in [0.29, 0.717) is 11.8 Å². The molecule has 74 valence electrons. The number of hydrogen-bond acceptors (Lipinski definition) is 4. The topological polar surface area (TPSA) is 78.6 Å². The molecule has 0 bridgehead atoms. The number of ether oxygens (including phenoxy) is 2. The molecule has 1 rings (SSSR count). The SMILES string of the molecule is COc1cc(C=O)ccc1OC(N)=O. The van der Waals surface area contributed by atoms with Crippen LogP contribution >= 0.6 is 0 Å². The van der Waals surface area contributed by atoms with Crippen LogP contribution in [0.2, 0.25) is 0 Å². The first kappa shape index (κ1) is 10.0. The second-order valence-electron chi connectivity index (χ2n) is 2.45. The smallest absolute Gasteiger partial charge is 0.410 e. The van der Waals surface area contributed by atoms with Crippen LogP contribution in [0.4, 0.5) is 4.79 Å². The second-order valence-corrected chi connectivity index (χ2v) is 2.45. The molecule has 1 amide bonds. The van der Waals surface area contributed by atoms with E-state index in [0.717, 1.165) is 0 Å². The van der Waals surface area contributed by atoms with Crippen molar-refractivity contribution in [2.45, 2.75) is 0 Å². The number of aldehydes is 1. The largest absolute Gasteiger partial charge is 0.493 e. The Balaban J connectivity index is 3.04. The lowest BCUT2D eigenvalue weighted by atomic mass is 10.2. The van der Waals surface area contributed by atoms with E-state index in [9.17, 15) is 9.59 Å². The van der Waals surface area contributed by atoms with Gasteiger partial charge in [-0.25, -0.2) is 4.79 Å². The van der Waals surface area contributed by atoms with Crippen molar-refractivity contribution in [3.05, 3.63) is 23.8 Å². The average Bonchev–Trinajstić information content (AvgIpc) is 2.17. The van der Waals surface area contributed by atoms with Gasteiger partial charge in [-0.2, -0.15) is 0 Å². The van der Waals surface area contributed by atoms with Crippen LogP contribution in [0.5, 0.6) is 11.5 Å². The molecule has 0 saturated heterocycles. The van der Waals surface area contributed by atoms with Gasteiger partial charge in [-0.3, -0.25) is 4.79 Å². The summed E-state index contributed by atoms with van der Waals surface area (Å²) in [5.41, 5.74) is 5.26. The van der Waals surface area contributed by atoms with Crippen molar-refractivity contribution in [2.24, 2.45) is 5.73 Å². The molecule has 0 radical (unpaired) electrons. The van der Waals surface area contributed by atoms with Gasteiger partial charge in [0, 0.05) is 5.56 Å². The van der Waals surface area contributed by atoms with Crippen LogP contribution in [0.3, 0.4) is 0 Å². The van der Waals surface area contributed by atoms with Crippen molar-refractivity contribution in [3.63, 3.8) is 0 Å². The van der Waals surface area contributed by atoms with Gasteiger partial charge in [0.15, 0.2) is 11.5 Å². The van der Waals surface area contributed by atoms with E-state index in [2.05, 4.69) is 4.74 Å². The number of hydrogen-bond donors (Lipinski definition) is 1. The van der Waals surface area contributed by atoms with Crippen LogP contribution in [-0.2, 0) is 0 Å². The van der Waals surface area contributed by atoms with Crippen molar-refractivity contribution >= 4 is 12.4 Å². The van der Waals surface area contributed by atoms with Gasteiger partial charge < -0.3 is 15.2 Å². The maximum absolute atomic E-state index is 10.5. The fourth-order valence-corrected chi connectivity index (χ4v) is 0.950. The molecule has 0 aliphatic heterocycles. The second kappa shape index (κ2) is 4.27. The Morgan fingerprint density at radius 1 is 1.43 bits per heavy atom. The van der Waals surface area contributed by atoms with E-state index in [-0.39, 0.29) is 11.5 Å². The highest BCUT2D eigenvalue weighted by atomic mass is 16.6. The summed E-state index contributed by atoms with van der Waals surface area (Å²) in [6, 6.07) is 4.38. The molecule has 0 atom stereocenters. The van der Waals surface area contributed by atoms with Gasteiger partial charge >= 0.3 is 6.09 Å². The monoisotopic (exact) mass is 195 g/mol. The zero-order valence-corrected chi connectivity index (χ0v) is 7.52. The van der Waals surface area contributed by atoms with Gasteiger partial charge in [0.1, 0.15) is 6.29 Å². The van der Waals surface area contributed by atoms with Gasteiger partial charge in [0.25, 0.3) is 0 Å². The molecular weight excluding hydrogens is 186 g/mol. The number of primary amides is 1. The molecule has 0 aliphatic carbocycles. The normalized spacial score (nSPS) is 9.21. The third kappa shape index (κ3) is 2.22. The van der Waals surface area contributed by atoms with Crippen molar-refractivity contribution < 1.29 is 19.1 Å². The van der Waals surface area contributed by atoms with E-state index >= 15 is 0 Å². The minimum Gasteiger partial charge on any atom is -0.493 e. The number of methoxy groups -OCH3 is 1. The highest BCUT2D eigenvalue weighted by molar-refractivity contribution is 5.77. The van der Waals surface area contributed by atoms with Crippen LogP contribution in [0.1, 0.15) is 10.4 Å². The minimum atomic E-state index is -0.929. The molecular formula is C9H9NO4. The number of benzene rings is 1. The lowest BCUT2D eigenvalue weighted by Crippen LogP contribution is -2.16. The summed E-state index contributed by atoms with van der Waals surface area (Å²) in [7, 11) is 1.40. The van der Waals surface area contributed by atoms with Crippen molar-refractivity contribution in [3.8, 4) is 11.5 Å². The first-order chi connectivity index (χ1) is 6.67. The molecule has 5 heteroatoms. The summed E-state index contributed by atoms with van der Waals surface area (Å²) in [4.78, 5) is 20.9. The quantitative estimate of drug-likeness (QED) is 0.728. The Morgan fingerprint density at radius 3 is 2.64 bits per heavy atom. The van der Waals surface area contributed by atoms with Crippen LogP contribution in [-0.4, -0.2) is 19.5 Å². The highest BCUT2D eigenvalue weighted by Crippen LogP contribution is 2.27. The van der Waals surface area contributed by atoms with Crippen LogP contribution < -0.4 is 15.2 Å². The van der Waals surface area contributed by atoms with Crippen LogP contribution in [0.15, 0.2) is 18.2 Å². The Kier molecular flexibility index (Phi) is 3.06. The fraction of sp³-hybridized carbons (Fsp3) is 0.111. The molecule has 0 saturated carbocycles. The molecule has 5 nitrogen and oxygen atoms in total. The number of rotatable bonds is 3. The van der Waals surface area contributed by atoms with E-state index in [4.69, 9.17) is 10.5 Å². The Hall–Kier alpha value is -2.04. The maximum atomic E-state index is 10.5. The lowest BCUT2D eigenvalue weighted by molar-refractivity contribution is 0.112. The van der Waals surface area contributed by atoms with E-state index in [1.165, 1.54) is 25.3 Å². The molecule has 0 spiro atoms. The summed E-state index contributed by atoms with van der Waals surface area (Å²) < 4.78 is 9.53. The molecule has 2 N–H and O–H groups in total. The summed E-state index contributed by atoms with van der Waals surface area (Å²) in [6.45, 7) is 0. The van der Waals surface area contributed by atoms with Gasteiger partial charge in [-0.1, -0.05) is 0 Å². The summed E-state index contributed by atoms with van der Waals surface area (Å²) in [6.07, 6.45) is -0.265. The molecule has 1 aromatic carbocycles. The third-order valence-electron chi connectivity index (χ3n) is 1.53. The first-order valence-electron chi connectivity index (χ1n) is 3.78. The number of amides is 1. The van der Waals surface area contributed by atoms with Crippen LogP contribution in [0.25, 0.3) is 0 Å². The highest BCUT2D eigenvalue weighted by Gasteiger charge is 2.07. The zero-order chi connectivity index (χ0) is 10.6. The summed E-state index contributed by atoms with van der Waals surface area (Å²) >= 11 is 0. The minimum absolute atomic E-state index is 0.186. The standard InChI is InChI=1S/C9H9NO4/c1-13-8-4-6(5-11)2-3-7(8)14-9(10)12/h2-5H,1H3,(H2,10,12). The van der Waals surface area contributed by atoms with Crippen molar-refractivity contribution in [1.82, 2.24) is 0 Å². The van der Waals surface area contributed by atoms with E-state index in [1.54, 1.807) is 0 Å². The first-order valence-corrected chi connectivity index (χ1v) is 3.78. The predicted octanol–water partition coefficient (Wildman–Crippen LogP) is 0.965. The molecule has 0 aromatic heterocycles. The van der Waals surface area contributed by atoms with Gasteiger partial charge in [-0.15, -0.1) is 0 Å². The van der Waals surface area contributed by atoms with Crippen LogP contribution in [0, 0.1) is 0 Å². The summed E-state index contributed by atoms with van der Waals surface area (Å²) in [5.74, 6) is 0.471. The number of carbonyl (C=O) groups is 2. The maximum Gasteiger partial charge on any atom is 0.410 e. The van der Waals surface area contributed by atoms with Gasteiger partial charge in [0.05, 0.1) is 7.11 Å². The fourth-order valence-electron chi connectivity index (χ4n) is 0.950. The van der Waals surface area contributed by atoms with E-state index in [1.807, 2.05) is 0 Å². The predicted molar refractivity (Wildman–Crippen MR) is 48.6 cm³/mol. The van der Waals surface area contributed by atoms with Crippen molar-refractivity contribution in [2.75, 3.05) is 7.11 Å². The van der Waals surface area contributed by atoms with Gasteiger partial charge in [0.2, 0.25) is 0 Å². The number of nitrogens with two attached hydrogens (primary N) is 1. The Bertz CT molecular complexity index is 362. The average molecular weight is 195 g/mol. The third-order valence-corrected chi connectivity index (χ3v) is 1.53. The van der Waals surface area contributed by atoms with Crippen molar-refractivity contribution in [1.29, 1.82) is 0 Å². The van der Waals surface area contributed by atoms with Gasteiger partial charge in [-0.05, 0) is 18.2 Å². The van der Waals surface area contributed by atoms with E-state index < -0.39 is 6.09 Å². The molecule has 14 heavy (non-hydrogen) atoms. The number of carbonyl (C=O) groups excluding carboxylic acids is 2. The zero-order valence-electron chi connectivity index (χ0n) is 7.52. The lowest BCUT2D eigenvalue weighted by Gasteiger charge is -2.07. The molecule has 0 fully saturated rings. The Morgan fingerprint density at radius 2 is 2.14 bits per heavy atom. The Labute approximate surface area is 80.4 Å². The molecule has 1 aromatic rings. The molecule has 0 unspecified atom stereocenters.